The lowest BCUT2D eigenvalue weighted by Gasteiger charge is -2.31. The maximum atomic E-state index is 12.2. The number of thiophene rings is 1. The second-order valence-corrected chi connectivity index (χ2v) is 7.16. The van der Waals surface area contributed by atoms with E-state index in [-0.39, 0.29) is 15.8 Å². The number of hydrogen-bond acceptors (Lipinski definition) is 6. The van der Waals surface area contributed by atoms with Crippen molar-refractivity contribution in [1.29, 1.82) is 0 Å². The average Bonchev–Trinajstić information content (AvgIpc) is 3.08. The van der Waals surface area contributed by atoms with Crippen molar-refractivity contribution in [3.05, 3.63) is 46.5 Å². The number of piperazine rings is 1. The molecule has 132 valence electrons. The molecule has 1 N–H and O–H groups in total. The van der Waals surface area contributed by atoms with E-state index in [9.17, 15) is 14.9 Å². The Kier molecular flexibility index (Phi) is 5.42. The maximum Gasteiger partial charge on any atom is 0.324 e. The molecule has 0 atom stereocenters. The molecular weight excluding hydrogens is 340 g/mol. The van der Waals surface area contributed by atoms with Gasteiger partial charge in [-0.05, 0) is 30.8 Å². The summed E-state index contributed by atoms with van der Waals surface area (Å²) in [5, 5.41) is 13.8. The molecule has 25 heavy (non-hydrogen) atoms. The monoisotopic (exact) mass is 360 g/mol. The molecular formula is C17H20N4O3S. The van der Waals surface area contributed by atoms with E-state index in [1.165, 1.54) is 6.07 Å². The second-order valence-electron chi connectivity index (χ2n) is 6.10. The highest BCUT2D eigenvalue weighted by Gasteiger charge is 2.16. The molecule has 8 heteroatoms. The molecule has 1 aliphatic rings. The summed E-state index contributed by atoms with van der Waals surface area (Å²) in [5.41, 5.74) is 1.63. The first kappa shape index (κ1) is 17.5. The normalized spacial score (nSPS) is 15.9. The highest BCUT2D eigenvalue weighted by Crippen LogP contribution is 2.33. The highest BCUT2D eigenvalue weighted by atomic mass is 32.1. The first-order chi connectivity index (χ1) is 12.0. The van der Waals surface area contributed by atoms with Gasteiger partial charge in [-0.25, -0.2) is 0 Å². The zero-order valence-corrected chi connectivity index (χ0v) is 14.8. The fourth-order valence-electron chi connectivity index (χ4n) is 2.71. The molecule has 0 bridgehead atoms. The van der Waals surface area contributed by atoms with Crippen LogP contribution in [0, 0.1) is 10.1 Å². The topological polar surface area (TPSA) is 78.7 Å². The predicted molar refractivity (Wildman–Crippen MR) is 99.0 cm³/mol. The highest BCUT2D eigenvalue weighted by molar-refractivity contribution is 7.18. The minimum atomic E-state index is -0.388. The lowest BCUT2D eigenvalue weighted by molar-refractivity contribution is -0.380. The molecule has 1 amide bonds. The second kappa shape index (κ2) is 7.73. The van der Waals surface area contributed by atoms with Crippen molar-refractivity contribution in [1.82, 2.24) is 9.80 Å². The molecule has 0 unspecified atom stereocenters. The lowest BCUT2D eigenvalue weighted by atomic mass is 10.2. The molecule has 0 spiro atoms. The first-order valence-corrected chi connectivity index (χ1v) is 8.88. The molecule has 1 aromatic heterocycles. The lowest BCUT2D eigenvalue weighted by Crippen LogP contribution is -2.47. The number of rotatable bonds is 5. The molecule has 1 saturated heterocycles. The van der Waals surface area contributed by atoms with E-state index in [0.29, 0.717) is 6.54 Å². The van der Waals surface area contributed by atoms with Crippen molar-refractivity contribution in [2.24, 2.45) is 0 Å². The first-order valence-electron chi connectivity index (χ1n) is 8.07. The van der Waals surface area contributed by atoms with Crippen LogP contribution in [0.4, 0.5) is 10.7 Å². The van der Waals surface area contributed by atoms with Crippen molar-refractivity contribution < 1.29 is 9.72 Å². The molecule has 3 rings (SSSR count). The summed E-state index contributed by atoms with van der Waals surface area (Å²) in [6, 6.07) is 10.6. The SMILES string of the molecule is CN1CCN(CC(=O)Nc2ccc(-c3ccc([N+](=O)[O-])s3)cc2)CC1. The van der Waals surface area contributed by atoms with Crippen LogP contribution in [0.25, 0.3) is 10.4 Å². The van der Waals surface area contributed by atoms with Crippen LogP contribution in [0.2, 0.25) is 0 Å². The number of likely N-dealkylation sites (N-methyl/N-ethyl adjacent to an activating group) is 1. The average molecular weight is 360 g/mol. The van der Waals surface area contributed by atoms with Gasteiger partial charge in [0.25, 0.3) is 0 Å². The molecule has 2 aromatic rings. The Balaban J connectivity index is 1.56. The number of nitro groups is 1. The van der Waals surface area contributed by atoms with Crippen molar-refractivity contribution in [3.63, 3.8) is 0 Å². The minimum Gasteiger partial charge on any atom is -0.325 e. The number of carbonyl (C=O) groups is 1. The Morgan fingerprint density at radius 1 is 1.16 bits per heavy atom. The van der Waals surface area contributed by atoms with Gasteiger partial charge in [-0.15, -0.1) is 0 Å². The molecule has 1 aromatic carbocycles. The van der Waals surface area contributed by atoms with E-state index in [4.69, 9.17) is 0 Å². The van der Waals surface area contributed by atoms with E-state index in [2.05, 4.69) is 22.2 Å². The Bertz CT molecular complexity index is 752. The van der Waals surface area contributed by atoms with Gasteiger partial charge < -0.3 is 10.2 Å². The summed E-state index contributed by atoms with van der Waals surface area (Å²) in [6.07, 6.45) is 0. The summed E-state index contributed by atoms with van der Waals surface area (Å²) in [5.74, 6) is -0.0240. The molecule has 1 aliphatic heterocycles. The summed E-state index contributed by atoms with van der Waals surface area (Å²) >= 11 is 1.14. The maximum absolute atomic E-state index is 12.2. The number of nitrogens with one attached hydrogen (secondary N) is 1. The van der Waals surface area contributed by atoms with Crippen LogP contribution < -0.4 is 5.32 Å². The van der Waals surface area contributed by atoms with E-state index >= 15 is 0 Å². The standard InChI is InChI=1S/C17H20N4O3S/c1-19-8-10-20(11-9-19)12-16(22)18-14-4-2-13(3-5-14)15-6-7-17(25-15)21(23)24/h2-7H,8-12H2,1H3,(H,18,22). The summed E-state index contributed by atoms with van der Waals surface area (Å²) < 4.78 is 0. The van der Waals surface area contributed by atoms with Crippen molar-refractivity contribution in [3.8, 4) is 10.4 Å². The molecule has 0 radical (unpaired) electrons. The van der Waals surface area contributed by atoms with E-state index < -0.39 is 0 Å². The molecule has 0 aliphatic carbocycles. The minimum absolute atomic E-state index is 0.0240. The molecule has 2 heterocycles. The number of anilines is 1. The Hall–Kier alpha value is -2.29. The molecule has 7 nitrogen and oxygen atoms in total. The predicted octanol–water partition coefficient (Wildman–Crippen LogP) is 2.51. The van der Waals surface area contributed by atoms with Crippen LogP contribution in [-0.2, 0) is 4.79 Å². The third kappa shape index (κ3) is 4.62. The number of hydrogen-bond donors (Lipinski definition) is 1. The van der Waals surface area contributed by atoms with Gasteiger partial charge in [-0.2, -0.15) is 0 Å². The van der Waals surface area contributed by atoms with Crippen molar-refractivity contribution in [2.75, 3.05) is 45.1 Å². The van der Waals surface area contributed by atoms with Gasteiger partial charge in [0.05, 0.1) is 11.5 Å². The van der Waals surface area contributed by atoms with Gasteiger partial charge in [0.2, 0.25) is 5.91 Å². The van der Waals surface area contributed by atoms with E-state index in [1.807, 2.05) is 24.3 Å². The van der Waals surface area contributed by atoms with E-state index in [1.54, 1.807) is 6.07 Å². The quantitative estimate of drug-likeness (QED) is 0.655. The fraction of sp³-hybridized carbons (Fsp3) is 0.353. The Labute approximate surface area is 150 Å². The van der Waals surface area contributed by atoms with Gasteiger partial charge in [-0.1, -0.05) is 23.5 Å². The van der Waals surface area contributed by atoms with Crippen LogP contribution in [0.3, 0.4) is 0 Å². The van der Waals surface area contributed by atoms with Gasteiger partial charge in [0.15, 0.2) is 0 Å². The van der Waals surface area contributed by atoms with Crippen molar-refractivity contribution in [2.45, 2.75) is 0 Å². The van der Waals surface area contributed by atoms with Crippen LogP contribution in [0.5, 0.6) is 0 Å². The number of amides is 1. The largest absolute Gasteiger partial charge is 0.325 e. The van der Waals surface area contributed by atoms with Crippen LogP contribution >= 0.6 is 11.3 Å². The number of nitrogens with zero attached hydrogens (tertiary/aromatic N) is 3. The number of benzene rings is 1. The van der Waals surface area contributed by atoms with Gasteiger partial charge in [0, 0.05) is 42.8 Å². The Morgan fingerprint density at radius 2 is 1.84 bits per heavy atom. The molecule has 0 saturated carbocycles. The van der Waals surface area contributed by atoms with Gasteiger partial charge in [-0.3, -0.25) is 19.8 Å². The Morgan fingerprint density at radius 3 is 2.44 bits per heavy atom. The summed E-state index contributed by atoms with van der Waals surface area (Å²) in [4.78, 5) is 27.8. The fourth-order valence-corrected chi connectivity index (χ4v) is 3.53. The third-order valence-electron chi connectivity index (χ3n) is 4.19. The zero-order valence-electron chi connectivity index (χ0n) is 14.0. The third-order valence-corrected chi connectivity index (χ3v) is 5.27. The smallest absolute Gasteiger partial charge is 0.324 e. The number of carbonyl (C=O) groups excluding carboxylic acids is 1. The van der Waals surface area contributed by atoms with Crippen LogP contribution in [0.1, 0.15) is 0 Å². The van der Waals surface area contributed by atoms with Gasteiger partial charge >= 0.3 is 5.00 Å². The van der Waals surface area contributed by atoms with Crippen LogP contribution in [0.15, 0.2) is 36.4 Å². The van der Waals surface area contributed by atoms with Crippen molar-refractivity contribution >= 4 is 27.9 Å². The van der Waals surface area contributed by atoms with E-state index in [0.717, 1.165) is 53.6 Å². The zero-order chi connectivity index (χ0) is 17.8. The van der Waals surface area contributed by atoms with Crippen LogP contribution in [-0.4, -0.2) is 60.4 Å². The van der Waals surface area contributed by atoms with Gasteiger partial charge in [0.1, 0.15) is 0 Å². The summed E-state index contributed by atoms with van der Waals surface area (Å²) in [6.45, 7) is 4.16. The molecule has 1 fully saturated rings. The summed E-state index contributed by atoms with van der Waals surface area (Å²) in [7, 11) is 2.08.